The Balaban J connectivity index is 1.42. The first-order chi connectivity index (χ1) is 13.5. The van der Waals surface area contributed by atoms with Crippen LogP contribution in [0.3, 0.4) is 0 Å². The number of carbonyl (C=O) groups is 2. The number of aryl methyl sites for hydroxylation is 1. The van der Waals surface area contributed by atoms with E-state index in [1.54, 1.807) is 19.9 Å². The van der Waals surface area contributed by atoms with Gasteiger partial charge in [0.1, 0.15) is 5.76 Å². The molecule has 1 atom stereocenters. The van der Waals surface area contributed by atoms with Crippen molar-refractivity contribution in [2.45, 2.75) is 20.0 Å². The van der Waals surface area contributed by atoms with E-state index in [1.165, 1.54) is 0 Å². The number of benzene rings is 1. The molecule has 28 heavy (non-hydrogen) atoms. The van der Waals surface area contributed by atoms with Crippen molar-refractivity contribution in [3.8, 4) is 11.5 Å². The zero-order valence-electron chi connectivity index (χ0n) is 15.2. The summed E-state index contributed by atoms with van der Waals surface area (Å²) in [5.41, 5.74) is 0.781. The molecule has 0 aliphatic heterocycles. The molecule has 10 heteroatoms. The lowest BCUT2D eigenvalue weighted by Gasteiger charge is -2.09. The van der Waals surface area contributed by atoms with Crippen LogP contribution in [0.2, 0.25) is 0 Å². The normalized spacial score (nSPS) is 11.8. The van der Waals surface area contributed by atoms with Gasteiger partial charge in [0.05, 0.1) is 11.5 Å². The van der Waals surface area contributed by atoms with Crippen LogP contribution in [0.1, 0.15) is 24.7 Å². The van der Waals surface area contributed by atoms with E-state index in [0.717, 1.165) is 17.3 Å². The molecule has 0 saturated heterocycles. The molecule has 0 aliphatic carbocycles. The molecule has 0 unspecified atom stereocenters. The van der Waals surface area contributed by atoms with Crippen molar-refractivity contribution in [2.24, 2.45) is 0 Å². The van der Waals surface area contributed by atoms with Gasteiger partial charge in [-0.3, -0.25) is 9.59 Å². The van der Waals surface area contributed by atoms with E-state index in [-0.39, 0.29) is 23.3 Å². The quantitative estimate of drug-likeness (QED) is 0.567. The fraction of sp³-hybridized carbons (Fsp3) is 0.278. The third-order valence-corrected chi connectivity index (χ3v) is 4.37. The Kier molecular flexibility index (Phi) is 6.43. The number of hydrogen-bond donors (Lipinski definition) is 1. The lowest BCUT2D eigenvalue weighted by Crippen LogP contribution is -2.17. The molecule has 3 aromatic rings. The maximum Gasteiger partial charge on any atom is 0.316 e. The number of hydrogen-bond acceptors (Lipinski definition) is 9. The molecule has 0 spiro atoms. The van der Waals surface area contributed by atoms with Crippen LogP contribution >= 0.6 is 11.8 Å². The van der Waals surface area contributed by atoms with Gasteiger partial charge in [-0.25, -0.2) is 0 Å². The molecule has 2 heterocycles. The Morgan fingerprint density at radius 2 is 2.00 bits per heavy atom. The zero-order valence-corrected chi connectivity index (χ0v) is 16.1. The second-order valence-electron chi connectivity index (χ2n) is 5.81. The monoisotopic (exact) mass is 402 g/mol. The third kappa shape index (κ3) is 5.43. The predicted molar refractivity (Wildman–Crippen MR) is 101 cm³/mol. The van der Waals surface area contributed by atoms with Gasteiger partial charge in [-0.2, -0.15) is 0 Å². The van der Waals surface area contributed by atoms with Crippen molar-refractivity contribution in [2.75, 3.05) is 16.8 Å². The highest BCUT2D eigenvalue weighted by Gasteiger charge is 2.19. The fourth-order valence-corrected chi connectivity index (χ4v) is 2.80. The maximum atomic E-state index is 12.0. The van der Waals surface area contributed by atoms with Gasteiger partial charge in [-0.1, -0.05) is 23.4 Å². The SMILES string of the molecule is Cc1cc(NC(=O)CSCC(=O)O[C@H](C)c2nnc(-c3ccccc3)o2)no1. The topological polar surface area (TPSA) is 120 Å². The van der Waals surface area contributed by atoms with Crippen LogP contribution < -0.4 is 5.32 Å². The number of anilines is 1. The summed E-state index contributed by atoms with van der Waals surface area (Å²) < 4.78 is 15.7. The van der Waals surface area contributed by atoms with E-state index < -0.39 is 12.1 Å². The molecular formula is C18H18N4O5S. The smallest absolute Gasteiger partial charge is 0.316 e. The molecule has 146 valence electrons. The van der Waals surface area contributed by atoms with Crippen LogP contribution in [0.4, 0.5) is 5.82 Å². The molecular weight excluding hydrogens is 384 g/mol. The molecule has 1 amide bonds. The minimum atomic E-state index is -0.690. The fourth-order valence-electron chi connectivity index (χ4n) is 2.21. The number of nitrogens with one attached hydrogen (secondary N) is 1. The van der Waals surface area contributed by atoms with Crippen LogP contribution in [0.15, 0.2) is 45.3 Å². The van der Waals surface area contributed by atoms with Gasteiger partial charge in [-0.05, 0) is 26.0 Å². The van der Waals surface area contributed by atoms with Gasteiger partial charge < -0.3 is 19.0 Å². The number of carbonyl (C=O) groups excluding carboxylic acids is 2. The van der Waals surface area contributed by atoms with Crippen molar-refractivity contribution in [1.29, 1.82) is 0 Å². The van der Waals surface area contributed by atoms with Crippen molar-refractivity contribution < 1.29 is 23.3 Å². The lowest BCUT2D eigenvalue weighted by atomic mass is 10.2. The van der Waals surface area contributed by atoms with E-state index >= 15 is 0 Å². The highest BCUT2D eigenvalue weighted by Crippen LogP contribution is 2.22. The number of thioether (sulfide) groups is 1. The van der Waals surface area contributed by atoms with Gasteiger partial charge in [0, 0.05) is 11.6 Å². The molecule has 1 N–H and O–H groups in total. The zero-order chi connectivity index (χ0) is 19.9. The molecule has 0 bridgehead atoms. The minimum absolute atomic E-state index is 0.00921. The molecule has 9 nitrogen and oxygen atoms in total. The first-order valence-corrected chi connectivity index (χ1v) is 9.56. The number of aromatic nitrogens is 3. The summed E-state index contributed by atoms with van der Waals surface area (Å²) in [5.74, 6) is 0.806. The average Bonchev–Trinajstić information content (AvgIpc) is 3.32. The summed E-state index contributed by atoms with van der Waals surface area (Å²) in [5, 5.41) is 14.1. The summed E-state index contributed by atoms with van der Waals surface area (Å²) in [6.07, 6.45) is -0.690. The summed E-state index contributed by atoms with van der Waals surface area (Å²) >= 11 is 1.12. The molecule has 0 fully saturated rings. The van der Waals surface area contributed by atoms with Gasteiger partial charge in [-0.15, -0.1) is 22.0 Å². The standard InChI is InChI=1S/C18H18N4O5S/c1-11-8-14(22-27-11)19-15(23)9-28-10-16(24)25-12(2)17-20-21-18(26-17)13-6-4-3-5-7-13/h3-8,12H,9-10H2,1-2H3,(H,19,22,23)/t12-/m1/s1. The van der Waals surface area contributed by atoms with Crippen molar-refractivity contribution in [3.63, 3.8) is 0 Å². The molecule has 0 radical (unpaired) electrons. The number of ether oxygens (including phenoxy) is 1. The van der Waals surface area contributed by atoms with Gasteiger partial charge in [0.15, 0.2) is 11.9 Å². The number of esters is 1. The van der Waals surface area contributed by atoms with Crippen molar-refractivity contribution >= 4 is 29.5 Å². The summed E-state index contributed by atoms with van der Waals surface area (Å²) in [4.78, 5) is 23.7. The first-order valence-electron chi connectivity index (χ1n) is 8.40. The van der Waals surface area contributed by atoms with Gasteiger partial charge >= 0.3 is 5.97 Å². The van der Waals surface area contributed by atoms with Crippen LogP contribution in [-0.4, -0.2) is 38.7 Å². The van der Waals surface area contributed by atoms with Crippen LogP contribution in [0.5, 0.6) is 0 Å². The molecule has 0 saturated carbocycles. The van der Waals surface area contributed by atoms with Crippen molar-refractivity contribution in [1.82, 2.24) is 15.4 Å². The summed E-state index contributed by atoms with van der Waals surface area (Å²) in [7, 11) is 0. The second kappa shape index (κ2) is 9.18. The van der Waals surface area contributed by atoms with Gasteiger partial charge in [0.2, 0.25) is 11.8 Å². The van der Waals surface area contributed by atoms with Crippen LogP contribution in [-0.2, 0) is 14.3 Å². The minimum Gasteiger partial charge on any atom is -0.452 e. The highest BCUT2D eigenvalue weighted by atomic mass is 32.2. The van der Waals surface area contributed by atoms with Crippen LogP contribution in [0.25, 0.3) is 11.5 Å². The number of nitrogens with zero attached hydrogens (tertiary/aromatic N) is 3. The predicted octanol–water partition coefficient (Wildman–Crippen LogP) is 3.01. The number of rotatable bonds is 8. The highest BCUT2D eigenvalue weighted by molar-refractivity contribution is 8.00. The molecule has 2 aromatic heterocycles. The Labute approximate surface area is 164 Å². The van der Waals surface area contributed by atoms with Crippen LogP contribution in [0, 0.1) is 6.92 Å². The van der Waals surface area contributed by atoms with E-state index in [9.17, 15) is 9.59 Å². The van der Waals surface area contributed by atoms with E-state index in [0.29, 0.717) is 17.5 Å². The van der Waals surface area contributed by atoms with Gasteiger partial charge in [0.25, 0.3) is 5.89 Å². The van der Waals surface area contributed by atoms with Crippen molar-refractivity contribution in [3.05, 3.63) is 48.0 Å². The first kappa shape index (κ1) is 19.6. The Bertz CT molecular complexity index is 940. The Hall–Kier alpha value is -3.14. The lowest BCUT2D eigenvalue weighted by molar-refractivity contribution is -0.146. The number of amides is 1. The molecule has 0 aliphatic rings. The van der Waals surface area contributed by atoms with E-state index in [1.807, 2.05) is 30.3 Å². The third-order valence-electron chi connectivity index (χ3n) is 3.47. The van der Waals surface area contributed by atoms with E-state index in [4.69, 9.17) is 13.7 Å². The summed E-state index contributed by atoms with van der Waals surface area (Å²) in [6.45, 7) is 3.37. The summed E-state index contributed by atoms with van der Waals surface area (Å²) in [6, 6.07) is 10.9. The Morgan fingerprint density at radius 3 is 2.71 bits per heavy atom. The Morgan fingerprint density at radius 1 is 1.21 bits per heavy atom. The average molecular weight is 402 g/mol. The molecule has 1 aromatic carbocycles. The largest absolute Gasteiger partial charge is 0.452 e. The second-order valence-corrected chi connectivity index (χ2v) is 6.79. The van der Waals surface area contributed by atoms with E-state index in [2.05, 4.69) is 20.7 Å². The maximum absolute atomic E-state index is 12.0. The molecule has 3 rings (SSSR count).